The lowest BCUT2D eigenvalue weighted by Crippen LogP contribution is -2.10. The molecule has 1 aromatic carbocycles. The van der Waals surface area contributed by atoms with Crippen molar-refractivity contribution in [2.75, 3.05) is 12.0 Å². The number of nitrogens with one attached hydrogen (secondary N) is 2. The van der Waals surface area contributed by atoms with Crippen LogP contribution in [0.4, 0.5) is 5.95 Å². The molecule has 0 amide bonds. The Morgan fingerprint density at radius 3 is 2.95 bits per heavy atom. The van der Waals surface area contributed by atoms with Crippen LogP contribution in [0.3, 0.4) is 0 Å². The highest BCUT2D eigenvalue weighted by Crippen LogP contribution is 2.34. The number of H-pyrrole nitrogens is 1. The Labute approximate surface area is 131 Å². The molecule has 0 radical (unpaired) electrons. The van der Waals surface area contributed by atoms with Crippen molar-refractivity contribution in [2.45, 2.75) is 13.8 Å². The summed E-state index contributed by atoms with van der Waals surface area (Å²) in [6.07, 6.45) is 1.47. The Bertz CT molecular complexity index is 758. The van der Waals surface area contributed by atoms with Crippen molar-refractivity contribution >= 4 is 23.8 Å². The normalized spacial score (nSPS) is 10.9. The number of benzene rings is 1. The van der Waals surface area contributed by atoms with Gasteiger partial charge in [0, 0.05) is 11.8 Å². The predicted octanol–water partition coefficient (Wildman–Crippen LogP) is 2.28. The molecule has 0 bridgehead atoms. The first-order chi connectivity index (χ1) is 10.5. The molecule has 22 heavy (non-hydrogen) atoms. The molecule has 0 atom stereocenters. The first-order valence-electron chi connectivity index (χ1n) is 6.52. The van der Waals surface area contributed by atoms with Gasteiger partial charge in [-0.1, -0.05) is 11.6 Å². The second kappa shape index (κ2) is 6.95. The molecule has 2 rings (SSSR count). The number of nitrogens with zero attached hydrogens (tertiary/aromatic N) is 2. The van der Waals surface area contributed by atoms with Crippen molar-refractivity contribution in [1.29, 1.82) is 0 Å². The van der Waals surface area contributed by atoms with E-state index in [2.05, 4.69) is 20.5 Å². The standard InChI is InChI=1S/C14H15ClN4O3/c1-3-22-11-6-9(5-10(15)13(11)21)7-16-19-14-17-8(2)4-12(20)18-14/h4-7,21H,3H2,1-2H3,(H2,17,18,19,20)/b16-7+. The summed E-state index contributed by atoms with van der Waals surface area (Å²) in [7, 11) is 0. The molecular formula is C14H15ClN4O3. The molecule has 0 aliphatic carbocycles. The van der Waals surface area contributed by atoms with Crippen molar-refractivity contribution in [2.24, 2.45) is 5.10 Å². The summed E-state index contributed by atoms with van der Waals surface area (Å²) >= 11 is 5.92. The summed E-state index contributed by atoms with van der Waals surface area (Å²) in [5.74, 6) is 0.396. The second-order valence-electron chi connectivity index (χ2n) is 4.39. The molecular weight excluding hydrogens is 308 g/mol. The number of phenolic OH excluding ortho intramolecular Hbond substituents is 1. The summed E-state index contributed by atoms with van der Waals surface area (Å²) < 4.78 is 5.28. The number of hydrazone groups is 1. The number of halogens is 1. The first kappa shape index (κ1) is 15.8. The van der Waals surface area contributed by atoms with E-state index in [1.54, 1.807) is 19.9 Å². The molecule has 0 spiro atoms. The van der Waals surface area contributed by atoms with Crippen molar-refractivity contribution in [1.82, 2.24) is 9.97 Å². The quantitative estimate of drug-likeness (QED) is 0.579. The summed E-state index contributed by atoms with van der Waals surface area (Å²) in [5.41, 5.74) is 3.55. The third kappa shape index (κ3) is 3.98. The topological polar surface area (TPSA) is 99.6 Å². The van der Waals surface area contributed by atoms with Crippen LogP contribution in [0.15, 0.2) is 28.1 Å². The van der Waals surface area contributed by atoms with Crippen LogP contribution in [0, 0.1) is 6.92 Å². The van der Waals surface area contributed by atoms with Crippen LogP contribution in [0.25, 0.3) is 0 Å². The molecule has 1 heterocycles. The molecule has 2 aromatic rings. The number of aromatic amines is 1. The zero-order valence-electron chi connectivity index (χ0n) is 12.1. The van der Waals surface area contributed by atoms with Crippen LogP contribution in [-0.4, -0.2) is 27.9 Å². The molecule has 0 unspecified atom stereocenters. The SMILES string of the molecule is CCOc1cc(/C=N/Nc2nc(C)cc(=O)[nH]2)cc(Cl)c1O. The summed E-state index contributed by atoms with van der Waals surface area (Å²) in [5, 5.41) is 13.9. The van der Waals surface area contributed by atoms with Crippen molar-refractivity contribution < 1.29 is 9.84 Å². The van der Waals surface area contributed by atoms with E-state index in [1.165, 1.54) is 18.3 Å². The number of hydrogen-bond donors (Lipinski definition) is 3. The fourth-order valence-corrected chi connectivity index (χ4v) is 1.95. The van der Waals surface area contributed by atoms with Crippen molar-refractivity contribution in [3.8, 4) is 11.5 Å². The number of ether oxygens (including phenoxy) is 1. The fraction of sp³-hybridized carbons (Fsp3) is 0.214. The molecule has 0 aliphatic heterocycles. The highest BCUT2D eigenvalue weighted by Gasteiger charge is 2.08. The van der Waals surface area contributed by atoms with Crippen LogP contribution in [0.1, 0.15) is 18.2 Å². The Morgan fingerprint density at radius 2 is 2.27 bits per heavy atom. The molecule has 0 aliphatic rings. The van der Waals surface area contributed by atoms with E-state index in [0.29, 0.717) is 17.9 Å². The van der Waals surface area contributed by atoms with Crippen LogP contribution < -0.4 is 15.7 Å². The van der Waals surface area contributed by atoms with Crippen molar-refractivity contribution in [3.05, 3.63) is 44.8 Å². The molecule has 116 valence electrons. The summed E-state index contributed by atoms with van der Waals surface area (Å²) in [4.78, 5) is 17.9. The molecule has 8 heteroatoms. The van der Waals surface area contributed by atoms with Gasteiger partial charge in [0.2, 0.25) is 5.95 Å². The highest BCUT2D eigenvalue weighted by atomic mass is 35.5. The van der Waals surface area contributed by atoms with Gasteiger partial charge >= 0.3 is 0 Å². The average Bonchev–Trinajstić information content (AvgIpc) is 2.43. The van der Waals surface area contributed by atoms with Crippen LogP contribution in [-0.2, 0) is 0 Å². The number of phenols is 1. The molecule has 0 saturated heterocycles. The molecule has 3 N–H and O–H groups in total. The van der Waals surface area contributed by atoms with E-state index >= 15 is 0 Å². The van der Waals surface area contributed by atoms with E-state index in [4.69, 9.17) is 16.3 Å². The second-order valence-corrected chi connectivity index (χ2v) is 4.80. The summed E-state index contributed by atoms with van der Waals surface area (Å²) in [6.45, 7) is 3.91. The van der Waals surface area contributed by atoms with E-state index in [1.807, 2.05) is 0 Å². The lowest BCUT2D eigenvalue weighted by atomic mass is 10.2. The van der Waals surface area contributed by atoms with Gasteiger partial charge in [-0.15, -0.1) is 0 Å². The lowest BCUT2D eigenvalue weighted by Gasteiger charge is -2.08. The van der Waals surface area contributed by atoms with Gasteiger partial charge in [0.25, 0.3) is 5.56 Å². The van der Waals surface area contributed by atoms with Crippen LogP contribution in [0.5, 0.6) is 11.5 Å². The highest BCUT2D eigenvalue weighted by molar-refractivity contribution is 6.32. The van der Waals surface area contributed by atoms with Gasteiger partial charge in [0.1, 0.15) is 0 Å². The van der Waals surface area contributed by atoms with Crippen LogP contribution in [0.2, 0.25) is 5.02 Å². The maximum atomic E-state index is 11.3. The average molecular weight is 323 g/mol. The number of anilines is 1. The predicted molar refractivity (Wildman–Crippen MR) is 85.1 cm³/mol. The number of aromatic hydroxyl groups is 1. The van der Waals surface area contributed by atoms with E-state index in [9.17, 15) is 9.90 Å². The summed E-state index contributed by atoms with van der Waals surface area (Å²) in [6, 6.07) is 4.52. The Balaban J connectivity index is 2.17. The number of aromatic nitrogens is 2. The largest absolute Gasteiger partial charge is 0.503 e. The van der Waals surface area contributed by atoms with E-state index in [0.717, 1.165) is 0 Å². The smallest absolute Gasteiger partial charge is 0.252 e. The molecule has 7 nitrogen and oxygen atoms in total. The minimum absolute atomic E-state index is 0.113. The Hall–Kier alpha value is -2.54. The number of hydrogen-bond acceptors (Lipinski definition) is 6. The first-order valence-corrected chi connectivity index (χ1v) is 6.89. The minimum atomic E-state index is -0.267. The Morgan fingerprint density at radius 1 is 1.50 bits per heavy atom. The van der Waals surface area contributed by atoms with Gasteiger partial charge in [-0.2, -0.15) is 5.10 Å². The monoisotopic (exact) mass is 322 g/mol. The van der Waals surface area contributed by atoms with Gasteiger partial charge in [0.15, 0.2) is 11.5 Å². The van der Waals surface area contributed by atoms with Gasteiger partial charge in [-0.05, 0) is 31.5 Å². The maximum Gasteiger partial charge on any atom is 0.252 e. The third-order valence-corrected chi connectivity index (χ3v) is 2.89. The fourth-order valence-electron chi connectivity index (χ4n) is 1.73. The van der Waals surface area contributed by atoms with Gasteiger partial charge in [-0.25, -0.2) is 10.4 Å². The molecule has 1 aromatic heterocycles. The van der Waals surface area contributed by atoms with Gasteiger partial charge in [-0.3, -0.25) is 9.78 Å². The molecule has 0 fully saturated rings. The molecule has 0 saturated carbocycles. The van der Waals surface area contributed by atoms with Crippen LogP contribution >= 0.6 is 11.6 Å². The van der Waals surface area contributed by atoms with Gasteiger partial charge in [0.05, 0.1) is 17.8 Å². The minimum Gasteiger partial charge on any atom is -0.503 e. The van der Waals surface area contributed by atoms with Gasteiger partial charge < -0.3 is 9.84 Å². The third-order valence-electron chi connectivity index (χ3n) is 2.60. The Kier molecular flexibility index (Phi) is 5.00. The zero-order valence-corrected chi connectivity index (χ0v) is 12.8. The van der Waals surface area contributed by atoms with E-state index in [-0.39, 0.29) is 28.0 Å². The number of rotatable bonds is 5. The lowest BCUT2D eigenvalue weighted by molar-refractivity contribution is 0.318. The van der Waals surface area contributed by atoms with E-state index < -0.39 is 0 Å². The zero-order chi connectivity index (χ0) is 16.1. The van der Waals surface area contributed by atoms with Crippen molar-refractivity contribution in [3.63, 3.8) is 0 Å². The number of aryl methyl sites for hydroxylation is 1. The maximum absolute atomic E-state index is 11.3.